The second kappa shape index (κ2) is 5.47. The molecule has 0 unspecified atom stereocenters. The van der Waals surface area contributed by atoms with Crippen molar-refractivity contribution in [2.24, 2.45) is 0 Å². The number of aryl methyl sites for hydroxylation is 1. The summed E-state index contributed by atoms with van der Waals surface area (Å²) in [5, 5.41) is 0. The molecule has 0 radical (unpaired) electrons. The number of nitrogen functional groups attached to an aromatic ring is 1. The van der Waals surface area contributed by atoms with Gasteiger partial charge < -0.3 is 15.2 Å². The van der Waals surface area contributed by atoms with Crippen molar-refractivity contribution in [3.05, 3.63) is 23.3 Å². The van der Waals surface area contributed by atoms with Crippen molar-refractivity contribution in [3.8, 4) is 5.75 Å². The number of anilines is 1. The van der Waals surface area contributed by atoms with Gasteiger partial charge in [0.15, 0.2) is 0 Å². The van der Waals surface area contributed by atoms with Crippen molar-refractivity contribution < 1.29 is 23.0 Å². The molecule has 0 heterocycles. The Bertz CT molecular complexity index is 421. The van der Waals surface area contributed by atoms with Gasteiger partial charge in [-0.2, -0.15) is 8.78 Å². The summed E-state index contributed by atoms with van der Waals surface area (Å²) in [6.45, 7) is 0.465. The highest BCUT2D eigenvalue weighted by molar-refractivity contribution is 5.96. The Hall–Kier alpha value is -1.85. The van der Waals surface area contributed by atoms with E-state index in [2.05, 4.69) is 4.74 Å². The van der Waals surface area contributed by atoms with Crippen LogP contribution in [-0.2, 0) is 4.74 Å². The summed E-state index contributed by atoms with van der Waals surface area (Å²) in [4.78, 5) is 11.5. The summed E-state index contributed by atoms with van der Waals surface area (Å²) in [6, 6.07) is 2.80. The lowest BCUT2D eigenvalue weighted by molar-refractivity contribution is -0.0494. The van der Waals surface area contributed by atoms with Gasteiger partial charge in [0.2, 0.25) is 0 Å². The standard InChI is InChI=1S/C11H13F2NO3/c1-3-16-10(15)7-4-6(2)5-8(9(7)14)17-11(12)13/h4-5,11H,3,14H2,1-2H3. The van der Waals surface area contributed by atoms with E-state index in [1.54, 1.807) is 13.8 Å². The maximum Gasteiger partial charge on any atom is 0.387 e. The normalized spacial score (nSPS) is 10.4. The van der Waals surface area contributed by atoms with Crippen molar-refractivity contribution in [2.45, 2.75) is 20.5 Å². The lowest BCUT2D eigenvalue weighted by Gasteiger charge is -2.12. The smallest absolute Gasteiger partial charge is 0.387 e. The van der Waals surface area contributed by atoms with E-state index in [-0.39, 0.29) is 23.6 Å². The number of hydrogen-bond acceptors (Lipinski definition) is 4. The molecule has 0 aliphatic carbocycles. The van der Waals surface area contributed by atoms with Crippen LogP contribution in [0.5, 0.6) is 5.75 Å². The third-order valence-electron chi connectivity index (χ3n) is 2.00. The second-order valence-corrected chi connectivity index (χ2v) is 3.32. The van der Waals surface area contributed by atoms with Gasteiger partial charge in [-0.3, -0.25) is 0 Å². The number of nitrogens with two attached hydrogens (primary N) is 1. The summed E-state index contributed by atoms with van der Waals surface area (Å²) in [5.41, 5.74) is 6.04. The fraction of sp³-hybridized carbons (Fsp3) is 0.364. The van der Waals surface area contributed by atoms with Gasteiger partial charge in [0.1, 0.15) is 5.75 Å². The van der Waals surface area contributed by atoms with Gasteiger partial charge >= 0.3 is 12.6 Å². The fourth-order valence-corrected chi connectivity index (χ4v) is 1.34. The number of carbonyl (C=O) groups is 1. The van der Waals surface area contributed by atoms with Gasteiger partial charge in [-0.25, -0.2) is 4.79 Å². The zero-order chi connectivity index (χ0) is 13.0. The molecule has 4 nitrogen and oxygen atoms in total. The number of rotatable bonds is 4. The molecule has 1 rings (SSSR count). The van der Waals surface area contributed by atoms with Crippen molar-refractivity contribution in [1.82, 2.24) is 0 Å². The Morgan fingerprint density at radius 1 is 1.47 bits per heavy atom. The van der Waals surface area contributed by atoms with Crippen LogP contribution in [0.3, 0.4) is 0 Å². The van der Waals surface area contributed by atoms with Gasteiger partial charge in [0, 0.05) is 0 Å². The first kappa shape index (κ1) is 13.2. The van der Waals surface area contributed by atoms with E-state index in [1.165, 1.54) is 12.1 Å². The van der Waals surface area contributed by atoms with Crippen LogP contribution in [0, 0.1) is 6.92 Å². The average molecular weight is 245 g/mol. The fourth-order valence-electron chi connectivity index (χ4n) is 1.34. The molecule has 0 aromatic heterocycles. The molecule has 0 saturated heterocycles. The Balaban J connectivity index is 3.13. The van der Waals surface area contributed by atoms with Crippen LogP contribution in [0.25, 0.3) is 0 Å². The first-order chi connectivity index (χ1) is 7.95. The molecule has 0 bridgehead atoms. The van der Waals surface area contributed by atoms with E-state index in [4.69, 9.17) is 10.5 Å². The predicted octanol–water partition coefficient (Wildman–Crippen LogP) is 2.36. The van der Waals surface area contributed by atoms with E-state index in [9.17, 15) is 13.6 Å². The lowest BCUT2D eigenvalue weighted by Crippen LogP contribution is -2.11. The van der Waals surface area contributed by atoms with Crippen molar-refractivity contribution in [1.29, 1.82) is 0 Å². The molecule has 1 aromatic carbocycles. The molecular formula is C11H13F2NO3. The number of carbonyl (C=O) groups excluding carboxylic acids is 1. The highest BCUT2D eigenvalue weighted by atomic mass is 19.3. The first-order valence-electron chi connectivity index (χ1n) is 4.97. The minimum atomic E-state index is -2.99. The Morgan fingerprint density at radius 2 is 2.12 bits per heavy atom. The first-order valence-corrected chi connectivity index (χ1v) is 4.97. The monoisotopic (exact) mass is 245 g/mol. The van der Waals surface area contributed by atoms with Crippen LogP contribution in [-0.4, -0.2) is 19.2 Å². The van der Waals surface area contributed by atoms with E-state index < -0.39 is 12.6 Å². The summed E-state index contributed by atoms with van der Waals surface area (Å²) in [7, 11) is 0. The Morgan fingerprint density at radius 3 is 2.65 bits per heavy atom. The zero-order valence-electron chi connectivity index (χ0n) is 9.50. The zero-order valence-corrected chi connectivity index (χ0v) is 9.50. The molecule has 0 spiro atoms. The Labute approximate surface area is 97.3 Å². The molecule has 2 N–H and O–H groups in total. The third kappa shape index (κ3) is 3.30. The van der Waals surface area contributed by atoms with E-state index in [0.29, 0.717) is 5.56 Å². The van der Waals surface area contributed by atoms with Crippen molar-refractivity contribution in [2.75, 3.05) is 12.3 Å². The van der Waals surface area contributed by atoms with E-state index in [1.807, 2.05) is 0 Å². The molecule has 0 aliphatic rings. The Kier molecular flexibility index (Phi) is 4.25. The maximum atomic E-state index is 12.1. The van der Waals surface area contributed by atoms with Crippen LogP contribution < -0.4 is 10.5 Å². The minimum absolute atomic E-state index is 0.0301. The molecule has 0 amide bonds. The van der Waals surface area contributed by atoms with Crippen LogP contribution in [0.1, 0.15) is 22.8 Å². The van der Waals surface area contributed by atoms with Gasteiger partial charge in [0.05, 0.1) is 17.9 Å². The molecule has 0 saturated carbocycles. The van der Waals surface area contributed by atoms with Crippen LogP contribution >= 0.6 is 0 Å². The topological polar surface area (TPSA) is 61.5 Å². The van der Waals surface area contributed by atoms with Crippen LogP contribution in [0.2, 0.25) is 0 Å². The van der Waals surface area contributed by atoms with Crippen LogP contribution in [0.15, 0.2) is 12.1 Å². The van der Waals surface area contributed by atoms with Crippen molar-refractivity contribution >= 4 is 11.7 Å². The molecule has 94 valence electrons. The largest absolute Gasteiger partial charge is 0.462 e. The average Bonchev–Trinajstić information content (AvgIpc) is 2.22. The summed E-state index contributed by atoms with van der Waals surface area (Å²) < 4.78 is 33.2. The number of halogens is 2. The maximum absolute atomic E-state index is 12.1. The van der Waals surface area contributed by atoms with Gasteiger partial charge in [-0.15, -0.1) is 0 Å². The van der Waals surface area contributed by atoms with Crippen LogP contribution in [0.4, 0.5) is 14.5 Å². The summed E-state index contributed by atoms with van der Waals surface area (Å²) in [6.07, 6.45) is 0. The number of alkyl halides is 2. The predicted molar refractivity (Wildman–Crippen MR) is 58.2 cm³/mol. The number of hydrogen-bond donors (Lipinski definition) is 1. The number of esters is 1. The van der Waals surface area contributed by atoms with Gasteiger partial charge in [-0.05, 0) is 31.5 Å². The minimum Gasteiger partial charge on any atom is -0.462 e. The molecule has 6 heteroatoms. The second-order valence-electron chi connectivity index (χ2n) is 3.32. The van der Waals surface area contributed by atoms with E-state index >= 15 is 0 Å². The SMILES string of the molecule is CCOC(=O)c1cc(C)cc(OC(F)F)c1N. The number of benzene rings is 1. The van der Waals surface area contributed by atoms with Gasteiger partial charge in [-0.1, -0.05) is 0 Å². The molecule has 1 aromatic rings. The van der Waals surface area contributed by atoms with E-state index in [0.717, 1.165) is 0 Å². The van der Waals surface area contributed by atoms with Crippen molar-refractivity contribution in [3.63, 3.8) is 0 Å². The molecule has 17 heavy (non-hydrogen) atoms. The third-order valence-corrected chi connectivity index (χ3v) is 2.00. The van der Waals surface area contributed by atoms with Gasteiger partial charge in [0.25, 0.3) is 0 Å². The lowest BCUT2D eigenvalue weighted by atomic mass is 10.1. The molecule has 0 fully saturated rings. The molecular weight excluding hydrogens is 232 g/mol. The summed E-state index contributed by atoms with van der Waals surface area (Å²) >= 11 is 0. The highest BCUT2D eigenvalue weighted by Crippen LogP contribution is 2.29. The summed E-state index contributed by atoms with van der Waals surface area (Å²) in [5.74, 6) is -0.879. The highest BCUT2D eigenvalue weighted by Gasteiger charge is 2.17. The molecule has 0 aliphatic heterocycles. The molecule has 0 atom stereocenters. The quantitative estimate of drug-likeness (QED) is 0.653. The number of ether oxygens (including phenoxy) is 2.